The highest BCUT2D eigenvalue weighted by Gasteiger charge is 2.54. The molecular weight excluding hydrogens is 184 g/mol. The van der Waals surface area contributed by atoms with Gasteiger partial charge in [-0.15, -0.1) is 0 Å². The summed E-state index contributed by atoms with van der Waals surface area (Å²) in [6.45, 7) is 2.16. The molecule has 1 aliphatic rings. The Labute approximate surface area is 91.8 Å². The van der Waals surface area contributed by atoms with Gasteiger partial charge in [-0.3, -0.25) is 0 Å². The van der Waals surface area contributed by atoms with Crippen LogP contribution in [0, 0.1) is 5.92 Å². The summed E-state index contributed by atoms with van der Waals surface area (Å²) in [5, 5.41) is 0. The summed E-state index contributed by atoms with van der Waals surface area (Å²) in [5.41, 5.74) is 1.27. The molecule has 80 valence electrons. The minimum atomic E-state index is -0.0348. The van der Waals surface area contributed by atoms with Crippen molar-refractivity contribution in [1.82, 2.24) is 0 Å². The number of methoxy groups -OCH3 is 1. The first kappa shape index (κ1) is 10.4. The minimum absolute atomic E-state index is 0.0348. The molecule has 2 atom stereocenters. The van der Waals surface area contributed by atoms with E-state index in [4.69, 9.17) is 4.74 Å². The number of benzene rings is 1. The molecule has 0 amide bonds. The predicted molar refractivity (Wildman–Crippen MR) is 62.7 cm³/mol. The van der Waals surface area contributed by atoms with Crippen LogP contribution in [0.3, 0.4) is 0 Å². The molecule has 0 saturated heterocycles. The van der Waals surface area contributed by atoms with E-state index in [1.165, 1.54) is 5.56 Å². The monoisotopic (exact) mass is 202 g/mol. The van der Waals surface area contributed by atoms with Gasteiger partial charge in [0.1, 0.15) is 0 Å². The van der Waals surface area contributed by atoms with Gasteiger partial charge in [0, 0.05) is 13.0 Å². The number of ether oxygens (including phenoxy) is 1. The SMILES string of the molecule is CC/C=C/[C@@H]1C[C@]1(OC)c1ccccc1. The third kappa shape index (κ3) is 1.84. The lowest BCUT2D eigenvalue weighted by Crippen LogP contribution is -2.11. The summed E-state index contributed by atoms with van der Waals surface area (Å²) in [4.78, 5) is 0. The van der Waals surface area contributed by atoms with Gasteiger partial charge < -0.3 is 4.74 Å². The Bertz CT molecular complexity index is 342. The summed E-state index contributed by atoms with van der Waals surface area (Å²) in [7, 11) is 1.81. The van der Waals surface area contributed by atoms with Gasteiger partial charge in [-0.1, -0.05) is 49.4 Å². The second-order valence-corrected chi connectivity index (χ2v) is 4.11. The molecule has 1 aliphatic carbocycles. The van der Waals surface area contributed by atoms with Crippen LogP contribution in [0.15, 0.2) is 42.5 Å². The first-order valence-electron chi connectivity index (χ1n) is 5.61. The molecule has 0 N–H and O–H groups in total. The Morgan fingerprint density at radius 3 is 2.73 bits per heavy atom. The van der Waals surface area contributed by atoms with E-state index in [9.17, 15) is 0 Å². The topological polar surface area (TPSA) is 9.23 Å². The molecule has 0 aromatic heterocycles. The first-order valence-corrected chi connectivity index (χ1v) is 5.61. The molecule has 0 bridgehead atoms. The Hall–Kier alpha value is -1.08. The van der Waals surface area contributed by atoms with E-state index in [1.807, 2.05) is 13.2 Å². The molecule has 1 fully saturated rings. The van der Waals surface area contributed by atoms with Crippen molar-refractivity contribution >= 4 is 0 Å². The molecule has 1 heteroatoms. The zero-order chi connectivity index (χ0) is 10.7. The van der Waals surface area contributed by atoms with Crippen LogP contribution in [0.5, 0.6) is 0 Å². The Morgan fingerprint density at radius 2 is 2.13 bits per heavy atom. The molecule has 1 aromatic carbocycles. The molecule has 1 nitrogen and oxygen atoms in total. The van der Waals surface area contributed by atoms with Crippen molar-refractivity contribution < 1.29 is 4.74 Å². The minimum Gasteiger partial charge on any atom is -0.373 e. The van der Waals surface area contributed by atoms with E-state index < -0.39 is 0 Å². The number of allylic oxidation sites excluding steroid dienone is 1. The lowest BCUT2D eigenvalue weighted by Gasteiger charge is -2.14. The third-order valence-electron chi connectivity index (χ3n) is 3.19. The molecule has 1 aromatic rings. The van der Waals surface area contributed by atoms with Crippen molar-refractivity contribution in [2.45, 2.75) is 25.4 Å². The van der Waals surface area contributed by atoms with Crippen LogP contribution in [-0.4, -0.2) is 7.11 Å². The average Bonchev–Trinajstić information content (AvgIpc) is 3.03. The highest BCUT2D eigenvalue weighted by atomic mass is 16.5. The second-order valence-electron chi connectivity index (χ2n) is 4.11. The van der Waals surface area contributed by atoms with E-state index in [2.05, 4.69) is 43.3 Å². The van der Waals surface area contributed by atoms with Crippen LogP contribution in [0.25, 0.3) is 0 Å². The van der Waals surface area contributed by atoms with E-state index in [-0.39, 0.29) is 5.60 Å². The standard InChI is InChI=1S/C14H18O/c1-3-4-8-13-11-14(13,15-2)12-9-6-5-7-10-12/h4-10,13H,3,11H2,1-2H3/b8-4+/t13-,14+/m1/s1. The van der Waals surface area contributed by atoms with E-state index >= 15 is 0 Å². The lowest BCUT2D eigenvalue weighted by molar-refractivity contribution is 0.0694. The van der Waals surface area contributed by atoms with Crippen LogP contribution in [0.1, 0.15) is 25.3 Å². The summed E-state index contributed by atoms with van der Waals surface area (Å²) >= 11 is 0. The maximum atomic E-state index is 5.69. The van der Waals surface area contributed by atoms with Crippen LogP contribution >= 0.6 is 0 Å². The molecule has 0 heterocycles. The molecule has 15 heavy (non-hydrogen) atoms. The molecule has 0 radical (unpaired) electrons. The van der Waals surface area contributed by atoms with Crippen molar-refractivity contribution in [3.05, 3.63) is 48.0 Å². The zero-order valence-electron chi connectivity index (χ0n) is 9.44. The van der Waals surface area contributed by atoms with Gasteiger partial charge in [0.2, 0.25) is 0 Å². The van der Waals surface area contributed by atoms with Crippen molar-refractivity contribution in [1.29, 1.82) is 0 Å². The summed E-state index contributed by atoms with van der Waals surface area (Å²) in [6.07, 6.45) is 6.74. The van der Waals surface area contributed by atoms with Gasteiger partial charge in [0.15, 0.2) is 0 Å². The van der Waals surface area contributed by atoms with E-state index in [0.29, 0.717) is 5.92 Å². The lowest BCUT2D eigenvalue weighted by atomic mass is 10.1. The second kappa shape index (κ2) is 4.19. The van der Waals surface area contributed by atoms with Gasteiger partial charge >= 0.3 is 0 Å². The fourth-order valence-electron chi connectivity index (χ4n) is 2.20. The van der Waals surface area contributed by atoms with Gasteiger partial charge in [-0.25, -0.2) is 0 Å². The van der Waals surface area contributed by atoms with E-state index in [0.717, 1.165) is 12.8 Å². The number of rotatable bonds is 4. The van der Waals surface area contributed by atoms with Crippen LogP contribution < -0.4 is 0 Å². The Balaban J connectivity index is 2.17. The predicted octanol–water partition coefficient (Wildman–Crippen LogP) is 3.51. The summed E-state index contributed by atoms with van der Waals surface area (Å²) < 4.78 is 5.69. The Morgan fingerprint density at radius 1 is 1.40 bits per heavy atom. The quantitative estimate of drug-likeness (QED) is 0.679. The molecular formula is C14H18O. The fraction of sp³-hybridized carbons (Fsp3) is 0.429. The normalized spacial score (nSPS) is 29.6. The molecule has 0 spiro atoms. The van der Waals surface area contributed by atoms with Gasteiger partial charge in [0.05, 0.1) is 5.60 Å². The van der Waals surface area contributed by atoms with Crippen molar-refractivity contribution in [3.63, 3.8) is 0 Å². The van der Waals surface area contributed by atoms with Crippen LogP contribution in [0.4, 0.5) is 0 Å². The van der Waals surface area contributed by atoms with Crippen molar-refractivity contribution in [3.8, 4) is 0 Å². The van der Waals surface area contributed by atoms with Crippen molar-refractivity contribution in [2.24, 2.45) is 5.92 Å². The fourth-order valence-corrected chi connectivity index (χ4v) is 2.20. The maximum Gasteiger partial charge on any atom is 0.0997 e. The first-order chi connectivity index (χ1) is 7.33. The highest BCUT2D eigenvalue weighted by Crippen LogP contribution is 2.55. The molecule has 0 unspecified atom stereocenters. The van der Waals surface area contributed by atoms with Gasteiger partial charge in [-0.05, 0) is 18.4 Å². The number of hydrogen-bond donors (Lipinski definition) is 0. The van der Waals surface area contributed by atoms with Crippen LogP contribution in [0.2, 0.25) is 0 Å². The average molecular weight is 202 g/mol. The molecule has 1 saturated carbocycles. The third-order valence-corrected chi connectivity index (χ3v) is 3.19. The van der Waals surface area contributed by atoms with Gasteiger partial charge in [0.25, 0.3) is 0 Å². The van der Waals surface area contributed by atoms with E-state index in [1.54, 1.807) is 0 Å². The van der Waals surface area contributed by atoms with Crippen molar-refractivity contribution in [2.75, 3.05) is 7.11 Å². The van der Waals surface area contributed by atoms with Crippen LogP contribution in [-0.2, 0) is 10.3 Å². The summed E-state index contributed by atoms with van der Waals surface area (Å²) in [6, 6.07) is 10.5. The summed E-state index contributed by atoms with van der Waals surface area (Å²) in [5.74, 6) is 0.560. The Kier molecular flexibility index (Phi) is 2.92. The highest BCUT2D eigenvalue weighted by molar-refractivity contribution is 5.32. The van der Waals surface area contributed by atoms with Gasteiger partial charge in [-0.2, -0.15) is 0 Å². The zero-order valence-corrected chi connectivity index (χ0v) is 9.44. The molecule has 2 rings (SSSR count). The maximum absolute atomic E-state index is 5.69. The smallest absolute Gasteiger partial charge is 0.0997 e. The largest absolute Gasteiger partial charge is 0.373 e. The molecule has 0 aliphatic heterocycles. The number of hydrogen-bond acceptors (Lipinski definition) is 1.